The van der Waals surface area contributed by atoms with Crippen LogP contribution >= 0.6 is 11.6 Å². The Hall–Kier alpha value is -3.02. The summed E-state index contributed by atoms with van der Waals surface area (Å²) < 4.78 is 5.43. The highest BCUT2D eigenvalue weighted by atomic mass is 35.5. The molecule has 1 fully saturated rings. The molecule has 11 heteroatoms. The second kappa shape index (κ2) is 14.7. The monoisotopic (exact) mass is 585 g/mol. The number of hydrogen-bond acceptors (Lipinski definition) is 7. The lowest BCUT2D eigenvalue weighted by molar-refractivity contribution is -0.142. The second-order valence-corrected chi connectivity index (χ2v) is 11.0. The summed E-state index contributed by atoms with van der Waals surface area (Å²) in [5, 5.41) is 17.9. The number of nitrogens with one attached hydrogen (secondary N) is 2. The number of anilines is 1. The summed E-state index contributed by atoms with van der Waals surface area (Å²) in [5.41, 5.74) is 9.24. The van der Waals surface area contributed by atoms with Crippen LogP contribution in [-0.4, -0.2) is 83.8 Å². The Morgan fingerprint density at radius 2 is 1.85 bits per heavy atom. The molecule has 1 saturated heterocycles. The maximum atomic E-state index is 13.5. The Kier molecular flexibility index (Phi) is 11.1. The van der Waals surface area contributed by atoms with Crippen LogP contribution in [0.25, 0.3) is 0 Å². The van der Waals surface area contributed by atoms with E-state index < -0.39 is 18.3 Å². The summed E-state index contributed by atoms with van der Waals surface area (Å²) in [6, 6.07) is 11.5. The summed E-state index contributed by atoms with van der Waals surface area (Å²) >= 11 is 6.11. The van der Waals surface area contributed by atoms with Gasteiger partial charge in [0.05, 0.1) is 18.7 Å². The Balaban J connectivity index is 1.45. The van der Waals surface area contributed by atoms with Crippen LogP contribution in [0, 0.1) is 6.92 Å². The largest absolute Gasteiger partial charge is 0.380 e. The van der Waals surface area contributed by atoms with Gasteiger partial charge in [0.2, 0.25) is 17.7 Å². The van der Waals surface area contributed by atoms with E-state index >= 15 is 0 Å². The molecule has 4 rings (SSSR count). The van der Waals surface area contributed by atoms with E-state index in [-0.39, 0.29) is 43.5 Å². The van der Waals surface area contributed by atoms with Crippen molar-refractivity contribution in [3.63, 3.8) is 0 Å². The number of aliphatic hydroxyl groups is 1. The molecule has 0 bridgehead atoms. The molecule has 10 nitrogen and oxygen atoms in total. The third-order valence-electron chi connectivity index (χ3n) is 7.67. The Bertz CT molecular complexity index is 1220. The molecule has 41 heavy (non-hydrogen) atoms. The minimum atomic E-state index is -1.21. The first-order valence-corrected chi connectivity index (χ1v) is 14.6. The van der Waals surface area contributed by atoms with Crippen LogP contribution in [0.5, 0.6) is 0 Å². The molecular weight excluding hydrogens is 546 g/mol. The van der Waals surface area contributed by atoms with Gasteiger partial charge in [-0.3, -0.25) is 19.7 Å². The molecule has 1 unspecified atom stereocenters. The molecule has 2 aliphatic heterocycles. The van der Waals surface area contributed by atoms with Crippen LogP contribution in [-0.2, 0) is 32.1 Å². The highest BCUT2D eigenvalue weighted by Gasteiger charge is 2.36. The number of aliphatic hydroxyl groups excluding tert-OH is 1. The molecule has 2 aromatic carbocycles. The Morgan fingerprint density at radius 1 is 1.10 bits per heavy atom. The number of benzene rings is 2. The van der Waals surface area contributed by atoms with Gasteiger partial charge in [0.15, 0.2) is 0 Å². The van der Waals surface area contributed by atoms with Crippen molar-refractivity contribution >= 4 is 35.0 Å². The fourth-order valence-electron chi connectivity index (χ4n) is 5.34. The molecule has 222 valence electrons. The normalized spacial score (nSPS) is 18.7. The lowest BCUT2D eigenvalue weighted by Gasteiger charge is -2.40. The summed E-state index contributed by atoms with van der Waals surface area (Å²) in [6.07, 6.45) is 0.371. The number of amides is 3. The average Bonchev–Trinajstić information content (AvgIpc) is 3.26. The van der Waals surface area contributed by atoms with E-state index in [1.54, 1.807) is 28.0 Å². The molecule has 0 aliphatic carbocycles. The fraction of sp³-hybridized carbons (Fsp3) is 0.500. The lowest BCUT2D eigenvalue weighted by Crippen LogP contribution is -2.58. The van der Waals surface area contributed by atoms with Crippen molar-refractivity contribution in [3.05, 3.63) is 64.2 Å². The first-order chi connectivity index (χ1) is 19.8. The molecule has 5 N–H and O–H groups in total. The van der Waals surface area contributed by atoms with E-state index in [1.165, 1.54) is 0 Å². The zero-order valence-electron chi connectivity index (χ0n) is 23.5. The number of nitrogens with two attached hydrogens (primary N) is 1. The van der Waals surface area contributed by atoms with E-state index in [4.69, 9.17) is 22.1 Å². The summed E-state index contributed by atoms with van der Waals surface area (Å²) in [6.45, 7) is 4.65. The van der Waals surface area contributed by atoms with Crippen molar-refractivity contribution in [2.75, 3.05) is 38.2 Å². The number of aryl methyl sites for hydroxylation is 1. The third kappa shape index (κ3) is 8.27. The first-order valence-electron chi connectivity index (χ1n) is 14.2. The van der Waals surface area contributed by atoms with Gasteiger partial charge in [0, 0.05) is 49.8 Å². The molecule has 2 heterocycles. The van der Waals surface area contributed by atoms with Crippen molar-refractivity contribution in [3.8, 4) is 0 Å². The molecule has 3 atom stereocenters. The van der Waals surface area contributed by atoms with Crippen LogP contribution in [0.3, 0.4) is 0 Å². The van der Waals surface area contributed by atoms with Crippen molar-refractivity contribution < 1.29 is 24.2 Å². The SMILES string of the molecule is Cc1cc(NC(=O)[C@H](CCN)NC(O)[C@@H]2Cc3ccccc3CN2C(=O)CCC(=O)N2CCCOCC2)ccc1Cl. The van der Waals surface area contributed by atoms with Gasteiger partial charge in [-0.05, 0) is 67.6 Å². The smallest absolute Gasteiger partial charge is 0.241 e. The minimum absolute atomic E-state index is 0.0320. The van der Waals surface area contributed by atoms with Crippen LogP contribution < -0.4 is 16.4 Å². The van der Waals surface area contributed by atoms with Crippen LogP contribution in [0.2, 0.25) is 5.02 Å². The van der Waals surface area contributed by atoms with Gasteiger partial charge in [-0.15, -0.1) is 0 Å². The predicted octanol–water partition coefficient (Wildman–Crippen LogP) is 2.19. The van der Waals surface area contributed by atoms with E-state index in [0.717, 1.165) is 23.1 Å². The average molecular weight is 586 g/mol. The van der Waals surface area contributed by atoms with Crippen molar-refractivity contribution in [2.24, 2.45) is 5.73 Å². The number of nitrogens with zero attached hydrogens (tertiary/aromatic N) is 2. The highest BCUT2D eigenvalue weighted by molar-refractivity contribution is 6.31. The number of halogens is 1. The number of carbonyl (C=O) groups excluding carboxylic acids is 3. The van der Waals surface area contributed by atoms with Crippen LogP contribution in [0.15, 0.2) is 42.5 Å². The Morgan fingerprint density at radius 3 is 2.61 bits per heavy atom. The summed E-state index contributed by atoms with van der Waals surface area (Å²) in [4.78, 5) is 42.9. The van der Waals surface area contributed by atoms with E-state index in [9.17, 15) is 19.5 Å². The number of rotatable bonds is 10. The fourth-order valence-corrected chi connectivity index (χ4v) is 5.46. The maximum Gasteiger partial charge on any atom is 0.241 e. The standard InChI is InChI=1S/C30H40ClN5O5/c1-20-17-23(7-8-24(20)31)33-29(39)25(11-12-32)34-30(40)26-18-21-5-2-3-6-22(21)19-36(26)28(38)10-9-27(37)35-13-4-15-41-16-14-35/h2-3,5-8,17,25-26,30,34,40H,4,9-16,18-19,32H2,1H3,(H,33,39)/t25-,26-,30?/m0/s1. The van der Waals surface area contributed by atoms with Gasteiger partial charge in [0.1, 0.15) is 6.23 Å². The van der Waals surface area contributed by atoms with Crippen LogP contribution in [0.4, 0.5) is 5.69 Å². The molecule has 3 amide bonds. The number of carbonyl (C=O) groups is 3. The number of ether oxygens (including phenoxy) is 1. The molecule has 0 radical (unpaired) electrons. The predicted molar refractivity (Wildman–Crippen MR) is 157 cm³/mol. The van der Waals surface area contributed by atoms with Gasteiger partial charge < -0.3 is 30.7 Å². The maximum absolute atomic E-state index is 13.5. The second-order valence-electron chi connectivity index (χ2n) is 10.6. The summed E-state index contributed by atoms with van der Waals surface area (Å²) in [5.74, 6) is -0.646. The highest BCUT2D eigenvalue weighted by Crippen LogP contribution is 2.26. The zero-order valence-corrected chi connectivity index (χ0v) is 24.2. The van der Waals surface area contributed by atoms with Crippen LogP contribution in [0.1, 0.15) is 42.4 Å². The third-order valence-corrected chi connectivity index (χ3v) is 8.09. The molecule has 2 aromatic rings. The van der Waals surface area contributed by atoms with E-state index in [0.29, 0.717) is 50.0 Å². The zero-order chi connectivity index (χ0) is 29.4. The first kappa shape index (κ1) is 30.9. The number of fused-ring (bicyclic) bond motifs is 1. The van der Waals surface area contributed by atoms with Gasteiger partial charge in [-0.2, -0.15) is 0 Å². The lowest BCUT2D eigenvalue weighted by atomic mass is 9.92. The minimum Gasteiger partial charge on any atom is -0.380 e. The molecule has 0 saturated carbocycles. The topological polar surface area (TPSA) is 137 Å². The van der Waals surface area contributed by atoms with Gasteiger partial charge in [-0.25, -0.2) is 0 Å². The van der Waals surface area contributed by atoms with Gasteiger partial charge in [-0.1, -0.05) is 35.9 Å². The van der Waals surface area contributed by atoms with Gasteiger partial charge >= 0.3 is 0 Å². The van der Waals surface area contributed by atoms with Crippen molar-refractivity contribution in [1.29, 1.82) is 0 Å². The molecule has 0 spiro atoms. The number of hydrogen-bond donors (Lipinski definition) is 4. The summed E-state index contributed by atoms with van der Waals surface area (Å²) in [7, 11) is 0. The van der Waals surface area contributed by atoms with E-state index in [1.807, 2.05) is 31.2 Å². The van der Waals surface area contributed by atoms with E-state index in [2.05, 4.69) is 10.6 Å². The van der Waals surface area contributed by atoms with Gasteiger partial charge in [0.25, 0.3) is 0 Å². The quantitative estimate of drug-likeness (QED) is 0.314. The van der Waals surface area contributed by atoms with Crippen molar-refractivity contribution in [1.82, 2.24) is 15.1 Å². The molecule has 2 aliphatic rings. The molecular formula is C30H40ClN5O5. The van der Waals surface area contributed by atoms with Crippen molar-refractivity contribution in [2.45, 2.75) is 63.9 Å². The Labute approximate surface area is 246 Å². The molecule has 0 aromatic heterocycles.